The number of nitrogen functional groups attached to an aromatic ring is 1. The molecule has 1 amide bonds. The summed E-state index contributed by atoms with van der Waals surface area (Å²) in [6.07, 6.45) is 2.98. The van der Waals surface area contributed by atoms with Gasteiger partial charge in [-0.05, 0) is 48.6 Å². The van der Waals surface area contributed by atoms with Crippen LogP contribution in [0.15, 0.2) is 48.5 Å². The van der Waals surface area contributed by atoms with E-state index in [1.54, 1.807) is 12.1 Å². The minimum Gasteiger partial charge on any atom is -0.399 e. The number of fused-ring (bicyclic) bond motifs is 1. The number of benzene rings is 2. The highest BCUT2D eigenvalue weighted by atomic mass is 16.2. The summed E-state index contributed by atoms with van der Waals surface area (Å²) < 4.78 is 0. The highest BCUT2D eigenvalue weighted by molar-refractivity contribution is 5.95. The molecule has 0 fully saturated rings. The lowest BCUT2D eigenvalue weighted by molar-refractivity contribution is 0.0719. The lowest BCUT2D eigenvalue weighted by Gasteiger charge is -2.32. The Bertz CT molecular complexity index is 666. The third kappa shape index (κ3) is 2.77. The molecular formula is C18H20N2O. The molecule has 108 valence electrons. The van der Waals surface area contributed by atoms with Crippen molar-refractivity contribution in [2.45, 2.75) is 25.3 Å². The van der Waals surface area contributed by atoms with Gasteiger partial charge in [-0.15, -0.1) is 0 Å². The molecule has 0 radical (unpaired) electrons. The van der Waals surface area contributed by atoms with Crippen LogP contribution in [0.4, 0.5) is 5.69 Å². The van der Waals surface area contributed by atoms with Gasteiger partial charge in [-0.3, -0.25) is 4.79 Å². The molecule has 0 bridgehead atoms. The van der Waals surface area contributed by atoms with Crippen molar-refractivity contribution >= 4 is 11.6 Å². The Morgan fingerprint density at radius 1 is 1.14 bits per heavy atom. The molecule has 0 saturated carbocycles. The Balaban J connectivity index is 1.77. The quantitative estimate of drug-likeness (QED) is 0.860. The second-order valence-electron chi connectivity index (χ2n) is 5.71. The van der Waals surface area contributed by atoms with Gasteiger partial charge in [0.2, 0.25) is 0 Å². The van der Waals surface area contributed by atoms with Crippen LogP contribution >= 0.6 is 0 Å². The fourth-order valence-corrected chi connectivity index (χ4v) is 3.05. The zero-order valence-electron chi connectivity index (χ0n) is 12.3. The first-order valence-corrected chi connectivity index (χ1v) is 7.34. The van der Waals surface area contributed by atoms with Crippen LogP contribution in [0.25, 0.3) is 0 Å². The molecule has 1 aliphatic carbocycles. The van der Waals surface area contributed by atoms with E-state index in [-0.39, 0.29) is 11.9 Å². The summed E-state index contributed by atoms with van der Waals surface area (Å²) in [6.45, 7) is 0. The largest absolute Gasteiger partial charge is 0.399 e. The maximum Gasteiger partial charge on any atom is 0.253 e. The number of anilines is 1. The Labute approximate surface area is 125 Å². The average Bonchev–Trinajstić information content (AvgIpc) is 2.53. The number of likely N-dealkylation sites (N-methyl/N-ethyl adjacent to an activating group) is 1. The summed E-state index contributed by atoms with van der Waals surface area (Å²) >= 11 is 0. The maximum absolute atomic E-state index is 12.6. The molecule has 0 aromatic heterocycles. The molecule has 0 aliphatic heterocycles. The van der Waals surface area contributed by atoms with Crippen LogP contribution in [0.2, 0.25) is 0 Å². The number of rotatable bonds is 2. The summed E-state index contributed by atoms with van der Waals surface area (Å²) in [5.41, 5.74) is 9.84. The van der Waals surface area contributed by atoms with Crippen LogP contribution < -0.4 is 5.73 Å². The third-order valence-electron chi connectivity index (χ3n) is 4.32. The number of amides is 1. The Kier molecular flexibility index (Phi) is 3.65. The van der Waals surface area contributed by atoms with Crippen LogP contribution in [0, 0.1) is 0 Å². The van der Waals surface area contributed by atoms with Gasteiger partial charge in [0.05, 0.1) is 0 Å². The molecule has 0 spiro atoms. The zero-order valence-corrected chi connectivity index (χ0v) is 12.3. The Hall–Kier alpha value is -2.29. The highest BCUT2D eigenvalue weighted by Gasteiger charge is 2.25. The van der Waals surface area contributed by atoms with Crippen LogP contribution in [-0.4, -0.2) is 23.9 Å². The molecule has 3 heteroatoms. The van der Waals surface area contributed by atoms with Crippen molar-refractivity contribution < 1.29 is 4.79 Å². The lowest BCUT2D eigenvalue weighted by Crippen LogP contribution is -2.40. The monoisotopic (exact) mass is 280 g/mol. The average molecular weight is 280 g/mol. The number of carbonyl (C=O) groups is 1. The van der Waals surface area contributed by atoms with Crippen molar-refractivity contribution in [1.82, 2.24) is 4.90 Å². The third-order valence-corrected chi connectivity index (χ3v) is 4.32. The first-order chi connectivity index (χ1) is 10.1. The SMILES string of the molecule is CN(C(=O)c1cccc(N)c1)C1CCc2ccccc2C1. The minimum atomic E-state index is 0.0479. The number of hydrogen-bond acceptors (Lipinski definition) is 2. The van der Waals surface area contributed by atoms with E-state index in [4.69, 9.17) is 5.73 Å². The predicted molar refractivity (Wildman–Crippen MR) is 85.2 cm³/mol. The number of nitrogens with two attached hydrogens (primary N) is 1. The molecule has 21 heavy (non-hydrogen) atoms. The van der Waals surface area contributed by atoms with Gasteiger partial charge in [0.25, 0.3) is 5.91 Å². The maximum atomic E-state index is 12.6. The van der Waals surface area contributed by atoms with E-state index in [9.17, 15) is 4.79 Å². The molecular weight excluding hydrogens is 260 g/mol. The molecule has 3 rings (SSSR count). The van der Waals surface area contributed by atoms with E-state index in [1.165, 1.54) is 11.1 Å². The Morgan fingerprint density at radius 3 is 2.67 bits per heavy atom. The van der Waals surface area contributed by atoms with Crippen molar-refractivity contribution in [3.8, 4) is 0 Å². The second-order valence-corrected chi connectivity index (χ2v) is 5.71. The first-order valence-electron chi connectivity index (χ1n) is 7.34. The van der Waals surface area contributed by atoms with E-state index in [2.05, 4.69) is 24.3 Å². The number of nitrogens with zero attached hydrogens (tertiary/aromatic N) is 1. The van der Waals surface area contributed by atoms with Crippen molar-refractivity contribution in [2.75, 3.05) is 12.8 Å². The van der Waals surface area contributed by atoms with E-state index in [0.717, 1.165) is 19.3 Å². The molecule has 1 aliphatic rings. The number of hydrogen-bond donors (Lipinski definition) is 1. The van der Waals surface area contributed by atoms with Crippen molar-refractivity contribution in [3.63, 3.8) is 0 Å². The van der Waals surface area contributed by atoms with E-state index in [0.29, 0.717) is 11.3 Å². The minimum absolute atomic E-state index is 0.0479. The molecule has 3 nitrogen and oxygen atoms in total. The molecule has 2 aromatic carbocycles. The van der Waals surface area contributed by atoms with Crippen LogP contribution in [0.5, 0.6) is 0 Å². The molecule has 1 unspecified atom stereocenters. The smallest absolute Gasteiger partial charge is 0.253 e. The molecule has 2 N–H and O–H groups in total. The van der Waals surface area contributed by atoms with Crippen molar-refractivity contribution in [2.24, 2.45) is 0 Å². The molecule has 0 saturated heterocycles. The summed E-state index contributed by atoms with van der Waals surface area (Å²) in [7, 11) is 1.89. The topological polar surface area (TPSA) is 46.3 Å². The summed E-state index contributed by atoms with van der Waals surface area (Å²) in [5.74, 6) is 0.0479. The fraction of sp³-hybridized carbons (Fsp3) is 0.278. The van der Waals surface area contributed by atoms with E-state index < -0.39 is 0 Å². The van der Waals surface area contributed by atoms with Gasteiger partial charge in [0, 0.05) is 24.3 Å². The normalized spacial score (nSPS) is 17.1. The van der Waals surface area contributed by atoms with Gasteiger partial charge in [-0.2, -0.15) is 0 Å². The van der Waals surface area contributed by atoms with Crippen LogP contribution in [0.1, 0.15) is 27.9 Å². The molecule has 1 atom stereocenters. The van der Waals surface area contributed by atoms with Gasteiger partial charge in [-0.25, -0.2) is 0 Å². The standard InChI is InChI=1S/C18H20N2O/c1-20(18(21)15-7-4-8-16(19)11-15)17-10-9-13-5-2-3-6-14(13)12-17/h2-8,11,17H,9-10,12,19H2,1H3. The Morgan fingerprint density at radius 2 is 1.90 bits per heavy atom. The predicted octanol–water partition coefficient (Wildman–Crippen LogP) is 2.90. The van der Waals surface area contributed by atoms with Crippen LogP contribution in [-0.2, 0) is 12.8 Å². The van der Waals surface area contributed by atoms with Gasteiger partial charge in [0.15, 0.2) is 0 Å². The first kappa shape index (κ1) is 13.7. The summed E-state index contributed by atoms with van der Waals surface area (Å²) in [4.78, 5) is 14.4. The second kappa shape index (κ2) is 5.60. The summed E-state index contributed by atoms with van der Waals surface area (Å²) in [5, 5.41) is 0. The fourth-order valence-electron chi connectivity index (χ4n) is 3.05. The number of aryl methyl sites for hydroxylation is 1. The van der Waals surface area contributed by atoms with Crippen molar-refractivity contribution in [1.29, 1.82) is 0 Å². The van der Waals surface area contributed by atoms with Gasteiger partial charge >= 0.3 is 0 Å². The van der Waals surface area contributed by atoms with Gasteiger partial charge in [-0.1, -0.05) is 30.3 Å². The van der Waals surface area contributed by atoms with E-state index in [1.807, 2.05) is 24.1 Å². The number of carbonyl (C=O) groups excluding carboxylic acids is 1. The molecule has 2 aromatic rings. The highest BCUT2D eigenvalue weighted by Crippen LogP contribution is 2.24. The van der Waals surface area contributed by atoms with Gasteiger partial charge < -0.3 is 10.6 Å². The van der Waals surface area contributed by atoms with Gasteiger partial charge in [0.1, 0.15) is 0 Å². The lowest BCUT2D eigenvalue weighted by atomic mass is 9.87. The van der Waals surface area contributed by atoms with Crippen LogP contribution in [0.3, 0.4) is 0 Å². The van der Waals surface area contributed by atoms with Crippen molar-refractivity contribution in [3.05, 3.63) is 65.2 Å². The molecule has 0 heterocycles. The van der Waals surface area contributed by atoms with E-state index >= 15 is 0 Å². The zero-order chi connectivity index (χ0) is 14.8. The summed E-state index contributed by atoms with van der Waals surface area (Å²) in [6, 6.07) is 16.0.